The lowest BCUT2D eigenvalue weighted by Gasteiger charge is -1.95. The molecule has 0 aliphatic rings. The Bertz CT molecular complexity index is 239. The molecule has 0 aliphatic heterocycles. The minimum atomic E-state index is -0.525. The number of hydrogen-bond acceptors (Lipinski definition) is 3. The number of carbonyl (C=O) groups excluding carboxylic acids is 1. The second-order valence-electron chi connectivity index (χ2n) is 2.23. The molecule has 0 saturated carbocycles. The van der Waals surface area contributed by atoms with Gasteiger partial charge in [-0.15, -0.1) is 0 Å². The van der Waals surface area contributed by atoms with Crippen molar-refractivity contribution >= 4 is 5.97 Å². The molecule has 0 bridgehead atoms. The van der Waals surface area contributed by atoms with Crippen LogP contribution in [0.15, 0.2) is 36.1 Å². The van der Waals surface area contributed by atoms with E-state index in [2.05, 4.69) is 11.3 Å². The van der Waals surface area contributed by atoms with Crippen LogP contribution in [0.25, 0.3) is 0 Å². The van der Waals surface area contributed by atoms with E-state index in [0.29, 0.717) is 0 Å². The van der Waals surface area contributed by atoms with Crippen molar-refractivity contribution in [3.8, 4) is 0 Å². The number of methoxy groups -OCH3 is 1. The van der Waals surface area contributed by atoms with Crippen LogP contribution in [0.4, 0.5) is 0 Å². The number of esters is 1. The number of nitrogens with two attached hydrogens (primary N) is 1. The minimum absolute atomic E-state index is 0.0821. The first-order valence-electron chi connectivity index (χ1n) is 3.46. The number of allylic oxidation sites excluding steroid dienone is 4. The Balaban J connectivity index is 4.37. The fraction of sp³-hybridized carbons (Fsp3) is 0.222. The Kier molecular flexibility index (Phi) is 4.53. The minimum Gasteiger partial charge on any atom is -0.464 e. The highest BCUT2D eigenvalue weighted by Crippen LogP contribution is 1.95. The van der Waals surface area contributed by atoms with Crippen molar-refractivity contribution in [1.29, 1.82) is 0 Å². The third-order valence-electron chi connectivity index (χ3n) is 1.27. The Hall–Kier alpha value is -1.51. The van der Waals surface area contributed by atoms with Gasteiger partial charge in [0.05, 0.1) is 7.11 Å². The average molecular weight is 167 g/mol. The van der Waals surface area contributed by atoms with Crippen molar-refractivity contribution in [2.45, 2.75) is 6.92 Å². The molecule has 0 aromatic rings. The lowest BCUT2D eigenvalue weighted by Crippen LogP contribution is -2.12. The van der Waals surface area contributed by atoms with Gasteiger partial charge in [-0.25, -0.2) is 4.79 Å². The molecule has 3 nitrogen and oxygen atoms in total. The third-order valence-corrected chi connectivity index (χ3v) is 1.27. The van der Waals surface area contributed by atoms with Gasteiger partial charge in [0.15, 0.2) is 0 Å². The van der Waals surface area contributed by atoms with Crippen LogP contribution in [0, 0.1) is 0 Å². The topological polar surface area (TPSA) is 52.3 Å². The maximum atomic E-state index is 10.7. The van der Waals surface area contributed by atoms with Gasteiger partial charge in [-0.05, 0) is 13.0 Å². The monoisotopic (exact) mass is 167 g/mol. The molecule has 0 saturated heterocycles. The molecule has 66 valence electrons. The molecule has 0 fully saturated rings. The van der Waals surface area contributed by atoms with Crippen LogP contribution in [0.3, 0.4) is 0 Å². The number of carbonyl (C=O) groups is 1. The van der Waals surface area contributed by atoms with Gasteiger partial charge in [0.2, 0.25) is 0 Å². The highest BCUT2D eigenvalue weighted by atomic mass is 16.5. The quantitative estimate of drug-likeness (QED) is 0.389. The summed E-state index contributed by atoms with van der Waals surface area (Å²) < 4.78 is 4.39. The van der Waals surface area contributed by atoms with Crippen molar-refractivity contribution < 1.29 is 9.53 Å². The van der Waals surface area contributed by atoms with E-state index < -0.39 is 5.97 Å². The Morgan fingerprint density at radius 3 is 2.50 bits per heavy atom. The Labute approximate surface area is 72.2 Å². The van der Waals surface area contributed by atoms with Crippen LogP contribution in [0.1, 0.15) is 6.92 Å². The maximum Gasteiger partial charge on any atom is 0.353 e. The molecule has 0 atom stereocenters. The summed E-state index contributed by atoms with van der Waals surface area (Å²) in [5, 5.41) is 0. The van der Waals surface area contributed by atoms with Crippen molar-refractivity contribution in [3.05, 3.63) is 36.1 Å². The van der Waals surface area contributed by atoms with Crippen LogP contribution < -0.4 is 5.73 Å². The molecule has 0 aromatic carbocycles. The van der Waals surface area contributed by atoms with Gasteiger partial charge >= 0.3 is 5.97 Å². The summed E-state index contributed by atoms with van der Waals surface area (Å²) >= 11 is 0. The summed E-state index contributed by atoms with van der Waals surface area (Å²) in [7, 11) is 1.28. The van der Waals surface area contributed by atoms with E-state index >= 15 is 0 Å². The van der Waals surface area contributed by atoms with Crippen LogP contribution in [0.2, 0.25) is 0 Å². The molecular formula is C9H13NO2. The van der Waals surface area contributed by atoms with E-state index in [-0.39, 0.29) is 5.70 Å². The van der Waals surface area contributed by atoms with E-state index in [0.717, 1.165) is 5.57 Å². The molecular weight excluding hydrogens is 154 g/mol. The van der Waals surface area contributed by atoms with Crippen molar-refractivity contribution in [2.24, 2.45) is 5.73 Å². The SMILES string of the molecule is C=C/C(C)=C\C=C(/N)C(=O)OC. The first kappa shape index (κ1) is 10.5. The Morgan fingerprint density at radius 1 is 1.50 bits per heavy atom. The van der Waals surface area contributed by atoms with Gasteiger partial charge in [-0.2, -0.15) is 0 Å². The fourth-order valence-corrected chi connectivity index (χ4v) is 0.475. The van der Waals surface area contributed by atoms with E-state index in [1.54, 1.807) is 12.2 Å². The lowest BCUT2D eigenvalue weighted by atomic mass is 10.2. The first-order chi connectivity index (χ1) is 5.61. The zero-order valence-electron chi connectivity index (χ0n) is 7.33. The highest BCUT2D eigenvalue weighted by molar-refractivity contribution is 5.87. The van der Waals surface area contributed by atoms with E-state index in [1.165, 1.54) is 13.2 Å². The largest absolute Gasteiger partial charge is 0.464 e. The normalized spacial score (nSPS) is 12.5. The van der Waals surface area contributed by atoms with E-state index in [1.807, 2.05) is 6.92 Å². The number of rotatable bonds is 3. The molecule has 0 heterocycles. The summed E-state index contributed by atoms with van der Waals surface area (Å²) in [5.41, 5.74) is 6.35. The molecule has 12 heavy (non-hydrogen) atoms. The molecule has 0 aromatic heterocycles. The van der Waals surface area contributed by atoms with Crippen molar-refractivity contribution in [1.82, 2.24) is 0 Å². The Morgan fingerprint density at radius 2 is 2.08 bits per heavy atom. The van der Waals surface area contributed by atoms with E-state index in [4.69, 9.17) is 5.73 Å². The van der Waals surface area contributed by atoms with Gasteiger partial charge < -0.3 is 10.5 Å². The van der Waals surface area contributed by atoms with Crippen LogP contribution in [0.5, 0.6) is 0 Å². The summed E-state index contributed by atoms with van der Waals surface area (Å²) in [6.45, 7) is 5.40. The molecule has 0 radical (unpaired) electrons. The third kappa shape index (κ3) is 3.61. The van der Waals surface area contributed by atoms with Crippen LogP contribution in [-0.4, -0.2) is 13.1 Å². The highest BCUT2D eigenvalue weighted by Gasteiger charge is 2.00. The number of ether oxygens (including phenoxy) is 1. The molecule has 3 heteroatoms. The maximum absolute atomic E-state index is 10.7. The van der Waals surface area contributed by atoms with Gasteiger partial charge in [0, 0.05) is 0 Å². The molecule has 0 spiro atoms. The zero-order chi connectivity index (χ0) is 9.56. The predicted octanol–water partition coefficient (Wildman–Crippen LogP) is 1.13. The molecule has 2 N–H and O–H groups in total. The second-order valence-corrected chi connectivity index (χ2v) is 2.23. The summed E-state index contributed by atoms with van der Waals surface area (Å²) in [4.78, 5) is 10.7. The average Bonchev–Trinajstić information content (AvgIpc) is 2.11. The van der Waals surface area contributed by atoms with Gasteiger partial charge in [-0.1, -0.05) is 24.3 Å². The predicted molar refractivity (Wildman–Crippen MR) is 48.2 cm³/mol. The van der Waals surface area contributed by atoms with Crippen LogP contribution >= 0.6 is 0 Å². The van der Waals surface area contributed by atoms with Gasteiger partial charge in [0.25, 0.3) is 0 Å². The van der Waals surface area contributed by atoms with Crippen LogP contribution in [-0.2, 0) is 9.53 Å². The lowest BCUT2D eigenvalue weighted by molar-refractivity contribution is -0.136. The van der Waals surface area contributed by atoms with Gasteiger partial charge in [-0.3, -0.25) is 0 Å². The second kappa shape index (κ2) is 5.18. The number of hydrogen-bond donors (Lipinski definition) is 1. The first-order valence-corrected chi connectivity index (χ1v) is 3.46. The summed E-state index contributed by atoms with van der Waals surface area (Å²) in [5.74, 6) is -0.525. The van der Waals surface area contributed by atoms with Gasteiger partial charge in [0.1, 0.15) is 5.70 Å². The fourth-order valence-electron chi connectivity index (χ4n) is 0.475. The van der Waals surface area contributed by atoms with E-state index in [9.17, 15) is 4.79 Å². The molecule has 0 rings (SSSR count). The zero-order valence-corrected chi connectivity index (χ0v) is 7.33. The smallest absolute Gasteiger partial charge is 0.353 e. The van der Waals surface area contributed by atoms with Crippen molar-refractivity contribution in [2.75, 3.05) is 7.11 Å². The summed E-state index contributed by atoms with van der Waals surface area (Å²) in [6, 6.07) is 0. The standard InChI is InChI=1S/C9H13NO2/c1-4-7(2)5-6-8(10)9(11)12-3/h4-6H,1,10H2,2-3H3/b7-5-,8-6-. The van der Waals surface area contributed by atoms with Crippen molar-refractivity contribution in [3.63, 3.8) is 0 Å². The molecule has 0 amide bonds. The molecule has 0 unspecified atom stereocenters. The molecule has 0 aliphatic carbocycles. The summed E-state index contributed by atoms with van der Waals surface area (Å²) in [6.07, 6.45) is 4.85.